The third-order valence-electron chi connectivity index (χ3n) is 7.57. The SMILES string of the molecule is CCC(C)(C)c1ccc(OCCCCNC(=O)C2CSCN2C(=O)CC(C)(C)C)c(C(C)(C)CC)c1. The summed E-state index contributed by atoms with van der Waals surface area (Å²) in [5.74, 6) is 2.28. The van der Waals surface area contributed by atoms with Gasteiger partial charge in [-0.25, -0.2) is 0 Å². The summed E-state index contributed by atoms with van der Waals surface area (Å²) in [6, 6.07) is 6.34. The largest absolute Gasteiger partial charge is 0.493 e. The van der Waals surface area contributed by atoms with Crippen LogP contribution >= 0.6 is 11.8 Å². The molecule has 1 unspecified atom stereocenters. The Kier molecular flexibility index (Phi) is 10.8. The summed E-state index contributed by atoms with van der Waals surface area (Å²) in [5.41, 5.74) is 2.73. The molecule has 0 aliphatic carbocycles. The second kappa shape index (κ2) is 12.7. The first kappa shape index (κ1) is 30.5. The van der Waals surface area contributed by atoms with E-state index in [0.29, 0.717) is 31.2 Å². The van der Waals surface area contributed by atoms with Crippen molar-refractivity contribution in [3.63, 3.8) is 0 Å². The highest BCUT2D eigenvalue weighted by molar-refractivity contribution is 7.99. The molecule has 2 rings (SSSR count). The van der Waals surface area contributed by atoms with E-state index in [9.17, 15) is 9.59 Å². The molecular weight excluding hydrogens is 468 g/mol. The van der Waals surface area contributed by atoms with Gasteiger partial charge in [0.2, 0.25) is 11.8 Å². The fourth-order valence-corrected chi connectivity index (χ4v) is 5.38. The minimum Gasteiger partial charge on any atom is -0.493 e. The number of ether oxygens (including phenoxy) is 1. The van der Waals surface area contributed by atoms with E-state index in [1.54, 1.807) is 16.7 Å². The van der Waals surface area contributed by atoms with Gasteiger partial charge in [0.25, 0.3) is 0 Å². The van der Waals surface area contributed by atoms with E-state index in [1.165, 1.54) is 11.1 Å². The van der Waals surface area contributed by atoms with E-state index in [4.69, 9.17) is 4.74 Å². The lowest BCUT2D eigenvalue weighted by atomic mass is 9.76. The molecule has 1 aromatic rings. The lowest BCUT2D eigenvalue weighted by Gasteiger charge is -2.30. The number of carbonyl (C=O) groups is 2. The van der Waals surface area contributed by atoms with Crippen LogP contribution in [0.5, 0.6) is 5.75 Å². The molecule has 204 valence electrons. The first-order valence-corrected chi connectivity index (χ1v) is 14.8. The van der Waals surface area contributed by atoms with Crippen LogP contribution in [0.4, 0.5) is 0 Å². The van der Waals surface area contributed by atoms with Crippen LogP contribution in [0.15, 0.2) is 18.2 Å². The first-order valence-electron chi connectivity index (χ1n) is 13.6. The Morgan fingerprint density at radius 2 is 1.69 bits per heavy atom. The van der Waals surface area contributed by atoms with Crippen molar-refractivity contribution in [2.75, 3.05) is 24.8 Å². The normalized spacial score (nSPS) is 16.8. The van der Waals surface area contributed by atoms with E-state index in [1.807, 2.05) is 0 Å². The number of benzene rings is 1. The zero-order valence-electron chi connectivity index (χ0n) is 24.3. The second-order valence-electron chi connectivity index (χ2n) is 12.6. The number of thioether (sulfide) groups is 1. The van der Waals surface area contributed by atoms with Crippen molar-refractivity contribution >= 4 is 23.6 Å². The number of unbranched alkanes of at least 4 members (excludes halogenated alkanes) is 1. The van der Waals surface area contributed by atoms with Gasteiger partial charge < -0.3 is 15.0 Å². The Hall–Kier alpha value is -1.69. The van der Waals surface area contributed by atoms with Crippen LogP contribution in [0.1, 0.15) is 106 Å². The molecule has 1 N–H and O–H groups in total. The van der Waals surface area contributed by atoms with Crippen molar-refractivity contribution < 1.29 is 14.3 Å². The van der Waals surface area contributed by atoms with Gasteiger partial charge in [-0.3, -0.25) is 9.59 Å². The lowest BCUT2D eigenvalue weighted by molar-refractivity contribution is -0.139. The average molecular weight is 519 g/mol. The lowest BCUT2D eigenvalue weighted by Crippen LogP contribution is -2.48. The monoisotopic (exact) mass is 518 g/mol. The highest BCUT2D eigenvalue weighted by Gasteiger charge is 2.35. The van der Waals surface area contributed by atoms with Gasteiger partial charge >= 0.3 is 0 Å². The van der Waals surface area contributed by atoms with Crippen molar-refractivity contribution in [3.05, 3.63) is 29.3 Å². The maximum Gasteiger partial charge on any atom is 0.243 e. The molecule has 0 aromatic heterocycles. The van der Waals surface area contributed by atoms with Gasteiger partial charge in [0.1, 0.15) is 11.8 Å². The Labute approximate surface area is 224 Å². The number of nitrogens with zero attached hydrogens (tertiary/aromatic N) is 1. The van der Waals surface area contributed by atoms with E-state index in [2.05, 4.69) is 85.8 Å². The number of hydrogen-bond donors (Lipinski definition) is 1. The summed E-state index contributed by atoms with van der Waals surface area (Å²) < 4.78 is 6.26. The predicted molar refractivity (Wildman–Crippen MR) is 153 cm³/mol. The van der Waals surface area contributed by atoms with Gasteiger partial charge in [0.05, 0.1) is 12.5 Å². The van der Waals surface area contributed by atoms with Crippen molar-refractivity contribution in [3.8, 4) is 5.75 Å². The Balaban J connectivity index is 1.87. The molecule has 1 fully saturated rings. The minimum absolute atomic E-state index is 0.0377. The Morgan fingerprint density at radius 3 is 2.31 bits per heavy atom. The molecular formula is C30H50N2O3S. The minimum atomic E-state index is -0.356. The summed E-state index contributed by atoms with van der Waals surface area (Å²) in [4.78, 5) is 27.2. The predicted octanol–water partition coefficient (Wildman–Crippen LogP) is 6.67. The quantitative estimate of drug-likeness (QED) is 0.314. The van der Waals surface area contributed by atoms with E-state index >= 15 is 0 Å². The molecule has 1 aromatic carbocycles. The number of carbonyl (C=O) groups excluding carboxylic acids is 2. The average Bonchev–Trinajstić information content (AvgIpc) is 3.30. The van der Waals surface area contributed by atoms with Gasteiger partial charge in [0.15, 0.2) is 0 Å². The van der Waals surface area contributed by atoms with E-state index in [-0.39, 0.29) is 34.1 Å². The number of hydrogen-bond acceptors (Lipinski definition) is 4. The van der Waals surface area contributed by atoms with Crippen molar-refractivity contribution in [2.24, 2.45) is 5.41 Å². The zero-order chi connectivity index (χ0) is 27.1. The summed E-state index contributed by atoms with van der Waals surface area (Å²) in [6.07, 6.45) is 4.30. The molecule has 0 radical (unpaired) electrons. The second-order valence-corrected chi connectivity index (χ2v) is 13.6. The van der Waals surface area contributed by atoms with Crippen LogP contribution in [0, 0.1) is 5.41 Å². The standard InChI is InChI=1S/C30H50N2O3S/c1-10-29(6,7)22-14-15-25(23(18-22)30(8,9)11-2)35-17-13-12-16-31-27(34)24-20-36-21-32(24)26(33)19-28(3,4)5/h14-15,18,24H,10-13,16-17,19-21H2,1-9H3,(H,31,34). The molecule has 0 spiro atoms. The molecule has 5 nitrogen and oxygen atoms in total. The zero-order valence-corrected chi connectivity index (χ0v) is 25.1. The summed E-state index contributed by atoms with van der Waals surface area (Å²) in [5, 5.41) is 3.04. The first-order chi connectivity index (χ1) is 16.7. The molecule has 0 bridgehead atoms. The Bertz CT molecular complexity index is 889. The van der Waals surface area contributed by atoms with Gasteiger partial charge in [-0.1, -0.05) is 74.4 Å². The smallest absolute Gasteiger partial charge is 0.243 e. The molecule has 1 atom stereocenters. The summed E-state index contributed by atoms with van der Waals surface area (Å²) in [7, 11) is 0. The fourth-order valence-electron chi connectivity index (χ4n) is 4.20. The van der Waals surface area contributed by atoms with Crippen LogP contribution in [0.3, 0.4) is 0 Å². The van der Waals surface area contributed by atoms with Crippen molar-refractivity contribution in [1.29, 1.82) is 0 Å². The third-order valence-corrected chi connectivity index (χ3v) is 8.58. The fraction of sp³-hybridized carbons (Fsp3) is 0.733. The number of nitrogens with one attached hydrogen (secondary N) is 1. The molecule has 36 heavy (non-hydrogen) atoms. The van der Waals surface area contributed by atoms with Crippen LogP contribution in [0.2, 0.25) is 0 Å². The van der Waals surface area contributed by atoms with Gasteiger partial charge in [-0.05, 0) is 53.6 Å². The number of rotatable bonds is 12. The van der Waals surface area contributed by atoms with Crippen LogP contribution in [-0.2, 0) is 20.4 Å². The summed E-state index contributed by atoms with van der Waals surface area (Å²) >= 11 is 1.65. The molecule has 1 aliphatic heterocycles. The van der Waals surface area contributed by atoms with Gasteiger partial charge in [-0.2, -0.15) is 0 Å². The summed E-state index contributed by atoms with van der Waals surface area (Å²) in [6.45, 7) is 21.0. The van der Waals surface area contributed by atoms with Crippen LogP contribution < -0.4 is 10.1 Å². The highest BCUT2D eigenvalue weighted by atomic mass is 32.2. The third kappa shape index (κ3) is 8.43. The van der Waals surface area contributed by atoms with E-state index in [0.717, 1.165) is 31.4 Å². The van der Waals surface area contributed by atoms with Crippen LogP contribution in [-0.4, -0.2) is 47.5 Å². The molecule has 6 heteroatoms. The highest BCUT2D eigenvalue weighted by Crippen LogP contribution is 2.38. The molecule has 1 heterocycles. The maximum atomic E-state index is 12.8. The maximum absolute atomic E-state index is 12.8. The van der Waals surface area contributed by atoms with Gasteiger partial charge in [-0.15, -0.1) is 11.8 Å². The molecule has 1 saturated heterocycles. The molecule has 1 aliphatic rings. The van der Waals surface area contributed by atoms with Crippen molar-refractivity contribution in [1.82, 2.24) is 10.2 Å². The Morgan fingerprint density at radius 1 is 1.03 bits per heavy atom. The number of amides is 2. The van der Waals surface area contributed by atoms with Crippen LogP contribution in [0.25, 0.3) is 0 Å². The topological polar surface area (TPSA) is 58.6 Å². The van der Waals surface area contributed by atoms with E-state index < -0.39 is 0 Å². The van der Waals surface area contributed by atoms with Gasteiger partial charge in [0, 0.05) is 24.3 Å². The van der Waals surface area contributed by atoms with Crippen molar-refractivity contribution in [2.45, 2.75) is 111 Å². The molecule has 0 saturated carbocycles. The molecule has 2 amide bonds.